The molecular formula is C13H14ClNO. The minimum Gasteiger partial charge on any atom is -0.492 e. The van der Waals surface area contributed by atoms with Gasteiger partial charge in [-0.1, -0.05) is 23.7 Å². The maximum Gasteiger partial charge on any atom is 0.143 e. The van der Waals surface area contributed by atoms with Gasteiger partial charge in [0.1, 0.15) is 5.75 Å². The Morgan fingerprint density at radius 2 is 2.25 bits per heavy atom. The van der Waals surface area contributed by atoms with Crippen LogP contribution in [0.15, 0.2) is 24.4 Å². The third-order valence-electron chi connectivity index (χ3n) is 3.01. The van der Waals surface area contributed by atoms with Gasteiger partial charge in [0.25, 0.3) is 0 Å². The van der Waals surface area contributed by atoms with Gasteiger partial charge in [-0.05, 0) is 25.8 Å². The molecule has 0 radical (unpaired) electrons. The van der Waals surface area contributed by atoms with Crippen LogP contribution in [0.4, 0.5) is 0 Å². The number of halogens is 1. The van der Waals surface area contributed by atoms with Crippen LogP contribution in [-0.4, -0.2) is 11.2 Å². The summed E-state index contributed by atoms with van der Waals surface area (Å²) in [7, 11) is 0. The van der Waals surface area contributed by atoms with Crippen LogP contribution in [0.2, 0.25) is 5.02 Å². The van der Waals surface area contributed by atoms with E-state index in [4.69, 9.17) is 16.3 Å². The van der Waals surface area contributed by atoms with E-state index < -0.39 is 0 Å². The summed E-state index contributed by atoms with van der Waals surface area (Å²) in [6.45, 7) is 2.69. The second kappa shape index (κ2) is 3.70. The van der Waals surface area contributed by atoms with E-state index >= 15 is 0 Å². The molecule has 1 heterocycles. The molecule has 3 rings (SSSR count). The Morgan fingerprint density at radius 1 is 1.44 bits per heavy atom. The Balaban J connectivity index is 2.25. The number of ether oxygens (including phenoxy) is 1. The second-order valence-electron chi connectivity index (χ2n) is 4.20. The molecule has 1 fully saturated rings. The SMILES string of the molecule is CCOc1cccc2c(Cl)cn(C3CC3)c12. The van der Waals surface area contributed by atoms with Crippen molar-refractivity contribution in [2.45, 2.75) is 25.8 Å². The van der Waals surface area contributed by atoms with Crippen LogP contribution in [0, 0.1) is 0 Å². The van der Waals surface area contributed by atoms with Crippen molar-refractivity contribution in [3.63, 3.8) is 0 Å². The highest BCUT2D eigenvalue weighted by atomic mass is 35.5. The van der Waals surface area contributed by atoms with Gasteiger partial charge in [-0.15, -0.1) is 0 Å². The van der Waals surface area contributed by atoms with Gasteiger partial charge >= 0.3 is 0 Å². The first-order chi connectivity index (χ1) is 7.81. The molecule has 1 saturated carbocycles. The van der Waals surface area contributed by atoms with Gasteiger partial charge in [0, 0.05) is 17.6 Å². The molecule has 0 amide bonds. The molecule has 1 aliphatic rings. The van der Waals surface area contributed by atoms with Crippen molar-refractivity contribution in [3.8, 4) is 5.75 Å². The number of benzene rings is 1. The predicted molar refractivity (Wildman–Crippen MR) is 66.4 cm³/mol. The van der Waals surface area contributed by atoms with Gasteiger partial charge in [-0.2, -0.15) is 0 Å². The fraction of sp³-hybridized carbons (Fsp3) is 0.385. The van der Waals surface area contributed by atoms with E-state index in [-0.39, 0.29) is 0 Å². The Labute approximate surface area is 99.8 Å². The molecular weight excluding hydrogens is 222 g/mol. The van der Waals surface area contributed by atoms with Crippen molar-refractivity contribution >= 4 is 22.5 Å². The van der Waals surface area contributed by atoms with E-state index in [0.717, 1.165) is 21.7 Å². The third-order valence-corrected chi connectivity index (χ3v) is 3.31. The van der Waals surface area contributed by atoms with Crippen LogP contribution >= 0.6 is 11.6 Å². The summed E-state index contributed by atoms with van der Waals surface area (Å²) in [6, 6.07) is 6.69. The molecule has 2 aromatic rings. The zero-order valence-electron chi connectivity index (χ0n) is 9.24. The Kier molecular flexibility index (Phi) is 2.32. The van der Waals surface area contributed by atoms with Crippen molar-refractivity contribution in [2.75, 3.05) is 6.61 Å². The molecule has 0 unspecified atom stereocenters. The first kappa shape index (κ1) is 10.0. The van der Waals surface area contributed by atoms with Gasteiger partial charge in [-0.3, -0.25) is 0 Å². The van der Waals surface area contributed by atoms with E-state index in [1.165, 1.54) is 12.8 Å². The Hall–Kier alpha value is -1.15. The summed E-state index contributed by atoms with van der Waals surface area (Å²) in [6.07, 6.45) is 4.54. The molecule has 1 aromatic heterocycles. The number of rotatable bonds is 3. The summed E-state index contributed by atoms with van der Waals surface area (Å²) in [5.74, 6) is 0.943. The van der Waals surface area contributed by atoms with E-state index in [9.17, 15) is 0 Å². The van der Waals surface area contributed by atoms with Gasteiger partial charge in [0.15, 0.2) is 0 Å². The number of aromatic nitrogens is 1. The van der Waals surface area contributed by atoms with Crippen LogP contribution in [-0.2, 0) is 0 Å². The molecule has 0 spiro atoms. The smallest absolute Gasteiger partial charge is 0.143 e. The zero-order valence-corrected chi connectivity index (χ0v) is 10.00. The van der Waals surface area contributed by atoms with Gasteiger partial charge < -0.3 is 9.30 Å². The lowest BCUT2D eigenvalue weighted by molar-refractivity contribution is 0.342. The average molecular weight is 236 g/mol. The van der Waals surface area contributed by atoms with E-state index in [1.54, 1.807) is 0 Å². The van der Waals surface area contributed by atoms with Crippen molar-refractivity contribution in [1.29, 1.82) is 0 Å². The molecule has 0 atom stereocenters. The monoisotopic (exact) mass is 235 g/mol. The molecule has 2 nitrogen and oxygen atoms in total. The fourth-order valence-corrected chi connectivity index (χ4v) is 2.41. The summed E-state index contributed by atoms with van der Waals surface area (Å²) < 4.78 is 7.94. The van der Waals surface area contributed by atoms with E-state index in [1.807, 2.05) is 25.3 Å². The predicted octanol–water partition coefficient (Wildman–Crippen LogP) is 4.03. The molecule has 0 N–H and O–H groups in total. The minimum atomic E-state index is 0.622. The quantitative estimate of drug-likeness (QED) is 0.784. The van der Waals surface area contributed by atoms with Crippen LogP contribution in [0.5, 0.6) is 5.75 Å². The van der Waals surface area contributed by atoms with Gasteiger partial charge in [-0.25, -0.2) is 0 Å². The Bertz CT molecular complexity index is 528. The van der Waals surface area contributed by atoms with Crippen molar-refractivity contribution in [2.24, 2.45) is 0 Å². The summed E-state index contributed by atoms with van der Waals surface area (Å²) >= 11 is 6.25. The lowest BCUT2D eigenvalue weighted by Crippen LogP contribution is -1.97. The van der Waals surface area contributed by atoms with E-state index in [2.05, 4.69) is 10.6 Å². The maximum absolute atomic E-state index is 6.25. The lowest BCUT2D eigenvalue weighted by atomic mass is 10.2. The summed E-state index contributed by atoms with van der Waals surface area (Å²) in [5, 5.41) is 1.92. The highest BCUT2D eigenvalue weighted by Crippen LogP contribution is 2.42. The first-order valence-corrected chi connectivity index (χ1v) is 6.11. The highest BCUT2D eigenvalue weighted by Gasteiger charge is 2.26. The molecule has 16 heavy (non-hydrogen) atoms. The topological polar surface area (TPSA) is 14.2 Å². The Morgan fingerprint density at radius 3 is 2.94 bits per heavy atom. The number of fused-ring (bicyclic) bond motifs is 1. The van der Waals surface area contributed by atoms with Crippen LogP contribution in [0.25, 0.3) is 10.9 Å². The third kappa shape index (κ3) is 1.49. The average Bonchev–Trinajstić information content (AvgIpc) is 3.06. The number of para-hydroxylation sites is 1. The molecule has 0 aliphatic heterocycles. The zero-order chi connectivity index (χ0) is 11.1. The number of hydrogen-bond acceptors (Lipinski definition) is 1. The minimum absolute atomic E-state index is 0.622. The lowest BCUT2D eigenvalue weighted by Gasteiger charge is -2.08. The standard InChI is InChI=1S/C13H14ClNO/c1-2-16-12-5-3-4-10-11(14)8-15(13(10)12)9-6-7-9/h3-5,8-9H,2,6-7H2,1H3. The highest BCUT2D eigenvalue weighted by molar-refractivity contribution is 6.35. The normalized spacial score (nSPS) is 15.6. The largest absolute Gasteiger partial charge is 0.492 e. The van der Waals surface area contributed by atoms with Gasteiger partial charge in [0.05, 0.1) is 17.1 Å². The van der Waals surface area contributed by atoms with Gasteiger partial charge in [0.2, 0.25) is 0 Å². The molecule has 1 aliphatic carbocycles. The number of hydrogen-bond donors (Lipinski definition) is 0. The van der Waals surface area contributed by atoms with Crippen LogP contribution in [0.1, 0.15) is 25.8 Å². The molecule has 0 saturated heterocycles. The van der Waals surface area contributed by atoms with Crippen LogP contribution < -0.4 is 4.74 Å². The molecule has 1 aromatic carbocycles. The molecule has 3 heteroatoms. The maximum atomic E-state index is 6.25. The summed E-state index contributed by atoms with van der Waals surface area (Å²) in [5.41, 5.74) is 1.15. The number of nitrogens with zero attached hydrogens (tertiary/aromatic N) is 1. The molecule has 84 valence electrons. The molecule has 0 bridgehead atoms. The van der Waals surface area contributed by atoms with Crippen LogP contribution in [0.3, 0.4) is 0 Å². The summed E-state index contributed by atoms with van der Waals surface area (Å²) in [4.78, 5) is 0. The fourth-order valence-electron chi connectivity index (χ4n) is 2.15. The van der Waals surface area contributed by atoms with Crippen molar-refractivity contribution < 1.29 is 4.74 Å². The first-order valence-electron chi connectivity index (χ1n) is 5.73. The second-order valence-corrected chi connectivity index (χ2v) is 4.61. The van der Waals surface area contributed by atoms with Crippen molar-refractivity contribution in [3.05, 3.63) is 29.4 Å². The van der Waals surface area contributed by atoms with Crippen molar-refractivity contribution in [1.82, 2.24) is 4.57 Å². The van der Waals surface area contributed by atoms with E-state index in [0.29, 0.717) is 12.6 Å².